The summed E-state index contributed by atoms with van der Waals surface area (Å²) >= 11 is 1.22. The Labute approximate surface area is 160 Å². The molecular formula is C19H18N2O5S. The molecule has 2 aromatic carbocycles. The van der Waals surface area contributed by atoms with E-state index >= 15 is 0 Å². The van der Waals surface area contributed by atoms with Crippen LogP contribution >= 0.6 is 11.8 Å². The van der Waals surface area contributed by atoms with Crippen LogP contribution in [0.5, 0.6) is 23.0 Å². The fourth-order valence-electron chi connectivity index (χ4n) is 2.50. The van der Waals surface area contributed by atoms with E-state index < -0.39 is 0 Å². The van der Waals surface area contributed by atoms with E-state index in [1.807, 2.05) is 0 Å². The zero-order chi connectivity index (χ0) is 19.4. The molecule has 1 saturated heterocycles. The summed E-state index contributed by atoms with van der Waals surface area (Å²) in [5.74, 6) is 1.37. The van der Waals surface area contributed by atoms with Crippen molar-refractivity contribution in [1.29, 1.82) is 0 Å². The molecule has 8 heteroatoms. The number of hydrogen-bond acceptors (Lipinski definition) is 7. The third kappa shape index (κ3) is 4.01. The van der Waals surface area contributed by atoms with Crippen LogP contribution in [0.1, 0.15) is 5.56 Å². The number of nitrogens with zero attached hydrogens (tertiary/aromatic N) is 1. The monoisotopic (exact) mass is 386 g/mol. The van der Waals surface area contributed by atoms with E-state index in [9.17, 15) is 9.90 Å². The second kappa shape index (κ2) is 8.05. The maximum Gasteiger partial charge on any atom is 0.264 e. The van der Waals surface area contributed by atoms with E-state index in [-0.39, 0.29) is 11.7 Å². The zero-order valence-electron chi connectivity index (χ0n) is 15.0. The number of phenolic OH excluding ortho intramolecular Hbond substituents is 1. The Bertz CT molecular complexity index is 922. The Hall–Kier alpha value is -3.13. The molecule has 1 fully saturated rings. The van der Waals surface area contributed by atoms with Crippen LogP contribution in [0.4, 0.5) is 5.69 Å². The molecule has 0 spiro atoms. The number of carbonyl (C=O) groups excluding carboxylic acids is 1. The van der Waals surface area contributed by atoms with Gasteiger partial charge >= 0.3 is 0 Å². The third-order valence-electron chi connectivity index (χ3n) is 3.75. The van der Waals surface area contributed by atoms with E-state index in [0.717, 1.165) is 0 Å². The molecule has 2 aromatic rings. The molecule has 0 radical (unpaired) electrons. The van der Waals surface area contributed by atoms with Crippen molar-refractivity contribution < 1.29 is 24.1 Å². The highest BCUT2D eigenvalue weighted by Crippen LogP contribution is 2.41. The highest BCUT2D eigenvalue weighted by atomic mass is 32.2. The van der Waals surface area contributed by atoms with Crippen LogP contribution in [0.2, 0.25) is 0 Å². The van der Waals surface area contributed by atoms with Gasteiger partial charge < -0.3 is 24.6 Å². The van der Waals surface area contributed by atoms with E-state index in [4.69, 9.17) is 14.2 Å². The fourth-order valence-corrected chi connectivity index (χ4v) is 3.34. The minimum Gasteiger partial charge on any atom is -0.508 e. The summed E-state index contributed by atoms with van der Waals surface area (Å²) in [7, 11) is 4.59. The average molecular weight is 386 g/mol. The van der Waals surface area contributed by atoms with Crippen molar-refractivity contribution in [2.45, 2.75) is 0 Å². The molecule has 0 aromatic heterocycles. The highest BCUT2D eigenvalue weighted by Gasteiger charge is 2.25. The van der Waals surface area contributed by atoms with Gasteiger partial charge in [-0.2, -0.15) is 0 Å². The Morgan fingerprint density at radius 3 is 2.33 bits per heavy atom. The van der Waals surface area contributed by atoms with Gasteiger partial charge in [0.2, 0.25) is 5.75 Å². The first-order chi connectivity index (χ1) is 13.0. The first-order valence-corrected chi connectivity index (χ1v) is 8.75. The molecule has 0 atom stereocenters. The number of thioether (sulfide) groups is 1. The molecule has 0 aliphatic carbocycles. The molecule has 1 aliphatic rings. The van der Waals surface area contributed by atoms with Crippen LogP contribution in [-0.4, -0.2) is 37.5 Å². The number of phenols is 1. The van der Waals surface area contributed by atoms with Crippen molar-refractivity contribution in [2.75, 3.05) is 21.3 Å². The number of rotatable bonds is 5. The number of aromatic hydroxyl groups is 1. The number of hydrogen-bond donors (Lipinski definition) is 2. The predicted octanol–water partition coefficient (Wildman–Crippen LogP) is 3.31. The summed E-state index contributed by atoms with van der Waals surface area (Å²) in [6, 6.07) is 9.92. The minimum atomic E-state index is -0.255. The number of aliphatic imine (C=N–C) groups is 1. The van der Waals surface area contributed by atoms with Gasteiger partial charge in [0.1, 0.15) is 5.75 Å². The van der Waals surface area contributed by atoms with Crippen molar-refractivity contribution in [1.82, 2.24) is 5.32 Å². The van der Waals surface area contributed by atoms with E-state index in [2.05, 4.69) is 10.3 Å². The second-order valence-electron chi connectivity index (χ2n) is 5.42. The number of carbonyl (C=O) groups is 1. The average Bonchev–Trinajstić information content (AvgIpc) is 3.01. The SMILES string of the molecule is COc1ccc(C=C2SC(=Nc3ccc(O)cc3)NC2=O)c(OC)c1OC. The van der Waals surface area contributed by atoms with Crippen LogP contribution < -0.4 is 19.5 Å². The Morgan fingerprint density at radius 2 is 1.70 bits per heavy atom. The Kier molecular flexibility index (Phi) is 5.56. The van der Waals surface area contributed by atoms with Crippen LogP contribution in [0.25, 0.3) is 6.08 Å². The second-order valence-corrected chi connectivity index (χ2v) is 6.45. The van der Waals surface area contributed by atoms with Gasteiger partial charge in [0.15, 0.2) is 16.7 Å². The molecule has 1 heterocycles. The lowest BCUT2D eigenvalue weighted by Crippen LogP contribution is -2.19. The van der Waals surface area contributed by atoms with Gasteiger partial charge in [-0.1, -0.05) is 0 Å². The maximum absolute atomic E-state index is 12.3. The number of methoxy groups -OCH3 is 3. The smallest absolute Gasteiger partial charge is 0.264 e. The molecule has 0 bridgehead atoms. The van der Waals surface area contributed by atoms with Gasteiger partial charge in [0, 0.05) is 5.56 Å². The Balaban J connectivity index is 1.92. The zero-order valence-corrected chi connectivity index (χ0v) is 15.8. The lowest BCUT2D eigenvalue weighted by atomic mass is 10.1. The van der Waals surface area contributed by atoms with Gasteiger partial charge in [-0.15, -0.1) is 0 Å². The normalized spacial score (nSPS) is 16.5. The third-order valence-corrected chi connectivity index (χ3v) is 4.66. The molecule has 0 unspecified atom stereocenters. The van der Waals surface area contributed by atoms with Gasteiger partial charge in [0.25, 0.3) is 5.91 Å². The molecule has 1 amide bonds. The van der Waals surface area contributed by atoms with Gasteiger partial charge in [-0.05, 0) is 54.2 Å². The summed E-state index contributed by atoms with van der Waals surface area (Å²) in [5, 5.41) is 12.5. The standard InChI is InChI=1S/C19H18N2O5S/c1-24-14-9-4-11(16(25-2)17(14)26-3)10-15-18(23)21-19(27-15)20-12-5-7-13(22)8-6-12/h4-10,22H,1-3H3,(H,20,21,23). The van der Waals surface area contributed by atoms with E-state index in [1.54, 1.807) is 37.5 Å². The molecule has 2 N–H and O–H groups in total. The molecule has 1 aliphatic heterocycles. The number of nitrogens with one attached hydrogen (secondary N) is 1. The summed E-state index contributed by atoms with van der Waals surface area (Å²) in [6.07, 6.45) is 1.71. The lowest BCUT2D eigenvalue weighted by molar-refractivity contribution is -0.115. The highest BCUT2D eigenvalue weighted by molar-refractivity contribution is 8.18. The Morgan fingerprint density at radius 1 is 1.00 bits per heavy atom. The van der Waals surface area contributed by atoms with Crippen molar-refractivity contribution >= 4 is 34.6 Å². The first-order valence-electron chi connectivity index (χ1n) is 7.93. The number of amides is 1. The first kappa shape index (κ1) is 18.7. The molecule has 0 saturated carbocycles. The summed E-state index contributed by atoms with van der Waals surface area (Å²) < 4.78 is 16.1. The largest absolute Gasteiger partial charge is 0.508 e. The molecule has 7 nitrogen and oxygen atoms in total. The summed E-state index contributed by atoms with van der Waals surface area (Å²) in [6.45, 7) is 0. The lowest BCUT2D eigenvalue weighted by Gasteiger charge is -2.14. The quantitative estimate of drug-likeness (QED) is 0.767. The van der Waals surface area contributed by atoms with Crippen molar-refractivity contribution in [2.24, 2.45) is 4.99 Å². The van der Waals surface area contributed by atoms with E-state index in [1.165, 1.54) is 38.1 Å². The van der Waals surface area contributed by atoms with Crippen LogP contribution in [-0.2, 0) is 4.79 Å². The number of amidine groups is 1. The minimum absolute atomic E-state index is 0.156. The van der Waals surface area contributed by atoms with Crippen LogP contribution in [0.15, 0.2) is 46.3 Å². The maximum atomic E-state index is 12.3. The van der Waals surface area contributed by atoms with Crippen LogP contribution in [0, 0.1) is 0 Å². The summed E-state index contributed by atoms with van der Waals surface area (Å²) in [5.41, 5.74) is 1.30. The van der Waals surface area contributed by atoms with Crippen molar-refractivity contribution in [3.63, 3.8) is 0 Å². The molecule has 140 valence electrons. The van der Waals surface area contributed by atoms with Crippen molar-refractivity contribution in [3.8, 4) is 23.0 Å². The van der Waals surface area contributed by atoms with Gasteiger partial charge in [0.05, 0.1) is 31.9 Å². The van der Waals surface area contributed by atoms with Gasteiger partial charge in [-0.25, -0.2) is 4.99 Å². The molecular weight excluding hydrogens is 368 g/mol. The van der Waals surface area contributed by atoms with Crippen molar-refractivity contribution in [3.05, 3.63) is 46.9 Å². The fraction of sp³-hybridized carbons (Fsp3) is 0.158. The number of benzene rings is 2. The number of ether oxygens (including phenoxy) is 3. The van der Waals surface area contributed by atoms with E-state index in [0.29, 0.717) is 38.6 Å². The predicted molar refractivity (Wildman–Crippen MR) is 105 cm³/mol. The summed E-state index contributed by atoms with van der Waals surface area (Å²) in [4.78, 5) is 17.1. The molecule has 27 heavy (non-hydrogen) atoms. The topological polar surface area (TPSA) is 89.4 Å². The van der Waals surface area contributed by atoms with Gasteiger partial charge in [-0.3, -0.25) is 4.79 Å². The molecule has 3 rings (SSSR count). The van der Waals surface area contributed by atoms with Crippen LogP contribution in [0.3, 0.4) is 0 Å².